The van der Waals surface area contributed by atoms with Gasteiger partial charge in [0, 0.05) is 11.8 Å². The predicted octanol–water partition coefficient (Wildman–Crippen LogP) is 3.85. The number of carbonyl (C=O) groups is 2. The zero-order valence-electron chi connectivity index (χ0n) is 15.6. The number of anilines is 1. The van der Waals surface area contributed by atoms with Gasteiger partial charge in [-0.05, 0) is 47.6 Å². The number of hydrogen-bond donors (Lipinski definition) is 2. The largest absolute Gasteiger partial charge is 0.508 e. The van der Waals surface area contributed by atoms with Crippen LogP contribution in [0.4, 0.5) is 5.69 Å². The van der Waals surface area contributed by atoms with Crippen molar-refractivity contribution in [1.29, 1.82) is 0 Å². The number of nitrogens with zero attached hydrogens (tertiary/aromatic N) is 1. The smallest absolute Gasteiger partial charge is 0.256 e. The summed E-state index contributed by atoms with van der Waals surface area (Å²) in [5.41, 5.74) is 2.94. The highest BCUT2D eigenvalue weighted by Gasteiger charge is 2.42. The maximum atomic E-state index is 13.2. The third kappa shape index (κ3) is 3.64. The van der Waals surface area contributed by atoms with Crippen LogP contribution < -0.4 is 5.32 Å². The summed E-state index contributed by atoms with van der Waals surface area (Å²) in [6.45, 7) is 2.71. The Morgan fingerprint density at radius 1 is 1.14 bits per heavy atom. The molecule has 2 aliphatic heterocycles. The summed E-state index contributed by atoms with van der Waals surface area (Å²) in [6, 6.07) is 12.0. The van der Waals surface area contributed by atoms with E-state index in [0.29, 0.717) is 29.5 Å². The van der Waals surface area contributed by atoms with Crippen LogP contribution in [0.15, 0.2) is 42.5 Å². The highest BCUT2D eigenvalue weighted by atomic mass is 32.2. The summed E-state index contributed by atoms with van der Waals surface area (Å²) >= 11 is 1.80. The van der Waals surface area contributed by atoms with Gasteiger partial charge in [-0.1, -0.05) is 37.3 Å². The van der Waals surface area contributed by atoms with Crippen LogP contribution in [0.5, 0.6) is 5.75 Å². The molecule has 0 unspecified atom stereocenters. The van der Waals surface area contributed by atoms with Crippen molar-refractivity contribution < 1.29 is 14.7 Å². The number of thioether (sulfide) groups is 1. The summed E-state index contributed by atoms with van der Waals surface area (Å²) < 4.78 is 0. The van der Waals surface area contributed by atoms with Crippen LogP contribution in [0, 0.1) is 0 Å². The minimum atomic E-state index is -0.389. The first-order chi connectivity index (χ1) is 13.5. The van der Waals surface area contributed by atoms with Crippen molar-refractivity contribution in [2.24, 2.45) is 0 Å². The molecule has 28 heavy (non-hydrogen) atoms. The molecule has 2 aliphatic rings. The Bertz CT molecular complexity index is 939. The lowest BCUT2D eigenvalue weighted by Gasteiger charge is -2.20. The van der Waals surface area contributed by atoms with Gasteiger partial charge in [0.1, 0.15) is 11.8 Å². The van der Waals surface area contributed by atoms with Crippen LogP contribution >= 0.6 is 11.8 Å². The molecule has 0 aromatic heterocycles. The van der Waals surface area contributed by atoms with Crippen molar-refractivity contribution in [2.45, 2.75) is 24.6 Å². The third-order valence-electron chi connectivity index (χ3n) is 5.12. The minimum Gasteiger partial charge on any atom is -0.508 e. The lowest BCUT2D eigenvalue weighted by Crippen LogP contribution is -2.40. The molecule has 0 saturated carbocycles. The molecular weight excluding hydrogens is 372 g/mol. The van der Waals surface area contributed by atoms with Crippen LogP contribution in [0.2, 0.25) is 0 Å². The Morgan fingerprint density at radius 2 is 1.86 bits per heavy atom. The molecule has 2 N–H and O–H groups in total. The van der Waals surface area contributed by atoms with Gasteiger partial charge in [0.05, 0.1) is 11.3 Å². The predicted molar refractivity (Wildman–Crippen MR) is 113 cm³/mol. The Morgan fingerprint density at radius 3 is 2.61 bits per heavy atom. The lowest BCUT2D eigenvalue weighted by atomic mass is 10.1. The van der Waals surface area contributed by atoms with E-state index < -0.39 is 0 Å². The molecule has 0 spiro atoms. The van der Waals surface area contributed by atoms with E-state index in [-0.39, 0.29) is 23.6 Å². The van der Waals surface area contributed by atoms with E-state index in [0.717, 1.165) is 16.9 Å². The topological polar surface area (TPSA) is 69.6 Å². The maximum absolute atomic E-state index is 13.2. The van der Waals surface area contributed by atoms with Crippen molar-refractivity contribution in [2.75, 3.05) is 17.6 Å². The van der Waals surface area contributed by atoms with E-state index in [1.807, 2.05) is 36.4 Å². The van der Waals surface area contributed by atoms with E-state index in [1.54, 1.807) is 34.9 Å². The zero-order chi connectivity index (χ0) is 19.7. The van der Waals surface area contributed by atoms with Crippen LogP contribution in [-0.2, 0) is 4.79 Å². The highest BCUT2D eigenvalue weighted by molar-refractivity contribution is 7.99. The van der Waals surface area contributed by atoms with Crippen molar-refractivity contribution in [3.05, 3.63) is 59.2 Å². The molecule has 1 saturated heterocycles. The van der Waals surface area contributed by atoms with Gasteiger partial charge in [-0.25, -0.2) is 0 Å². The molecule has 0 bridgehead atoms. The van der Waals surface area contributed by atoms with Gasteiger partial charge in [0.25, 0.3) is 5.91 Å². The summed E-state index contributed by atoms with van der Waals surface area (Å²) in [6.07, 6.45) is 4.55. The zero-order valence-corrected chi connectivity index (χ0v) is 16.4. The van der Waals surface area contributed by atoms with E-state index in [9.17, 15) is 14.7 Å². The van der Waals surface area contributed by atoms with Crippen LogP contribution in [0.1, 0.15) is 34.8 Å². The normalized spacial score (nSPS) is 21.4. The van der Waals surface area contributed by atoms with Crippen molar-refractivity contribution in [3.63, 3.8) is 0 Å². The standard InChI is InChI=1S/C22H22N2O3S/c1-2-28-17-12-20-21(26)23-19-10-7-15(11-18(19)22(27)24(20)13-17)4-3-14-5-8-16(25)9-6-14/h3-11,17,20,25H,2,12-13H2,1H3,(H,23,26)/b4-3+/t17-,20-/m0/s1. The number of nitrogens with one attached hydrogen (secondary N) is 1. The van der Waals surface area contributed by atoms with Gasteiger partial charge in [-0.2, -0.15) is 11.8 Å². The Hall–Kier alpha value is -2.73. The number of aromatic hydroxyl groups is 1. The summed E-state index contributed by atoms with van der Waals surface area (Å²) in [4.78, 5) is 27.5. The Kier molecular flexibility index (Phi) is 5.13. The first-order valence-electron chi connectivity index (χ1n) is 9.39. The molecule has 5 nitrogen and oxygen atoms in total. The van der Waals surface area contributed by atoms with E-state index in [2.05, 4.69) is 12.2 Å². The average Bonchev–Trinajstić information content (AvgIpc) is 3.08. The number of fused-ring (bicyclic) bond motifs is 2. The summed E-state index contributed by atoms with van der Waals surface area (Å²) in [5.74, 6) is 1.02. The molecular formula is C22H22N2O3S. The van der Waals surface area contributed by atoms with E-state index in [4.69, 9.17) is 0 Å². The molecule has 0 aliphatic carbocycles. The fraction of sp³-hybridized carbons (Fsp3) is 0.273. The van der Waals surface area contributed by atoms with Crippen molar-refractivity contribution in [3.8, 4) is 5.75 Å². The van der Waals surface area contributed by atoms with Crippen LogP contribution in [-0.4, -0.2) is 45.4 Å². The van der Waals surface area contributed by atoms with Crippen LogP contribution in [0.25, 0.3) is 12.2 Å². The first kappa shape index (κ1) is 18.6. The molecule has 2 aromatic rings. The molecule has 2 amide bonds. The molecule has 6 heteroatoms. The van der Waals surface area contributed by atoms with Gasteiger partial charge in [0.15, 0.2) is 0 Å². The van der Waals surface area contributed by atoms with Crippen molar-refractivity contribution >= 4 is 41.4 Å². The molecule has 2 heterocycles. The molecule has 144 valence electrons. The molecule has 0 radical (unpaired) electrons. The number of phenols is 1. The second-order valence-corrected chi connectivity index (χ2v) is 8.58. The number of amides is 2. The Labute approximate surface area is 168 Å². The van der Waals surface area contributed by atoms with Crippen LogP contribution in [0.3, 0.4) is 0 Å². The summed E-state index contributed by atoms with van der Waals surface area (Å²) in [7, 11) is 0. The Balaban J connectivity index is 1.61. The van der Waals surface area contributed by atoms with Gasteiger partial charge in [-0.15, -0.1) is 0 Å². The first-order valence-corrected chi connectivity index (χ1v) is 10.4. The monoisotopic (exact) mass is 394 g/mol. The lowest BCUT2D eigenvalue weighted by molar-refractivity contribution is -0.119. The summed E-state index contributed by atoms with van der Waals surface area (Å²) in [5, 5.41) is 12.6. The van der Waals surface area contributed by atoms with Gasteiger partial charge in [0.2, 0.25) is 5.91 Å². The number of rotatable bonds is 4. The van der Waals surface area contributed by atoms with E-state index >= 15 is 0 Å². The fourth-order valence-corrected chi connectivity index (χ4v) is 4.78. The number of phenolic OH excluding ortho intramolecular Hbond substituents is 1. The molecule has 1 fully saturated rings. The quantitative estimate of drug-likeness (QED) is 0.773. The van der Waals surface area contributed by atoms with Gasteiger partial charge in [-0.3, -0.25) is 9.59 Å². The second kappa shape index (κ2) is 7.72. The number of carbonyl (C=O) groups excluding carboxylic acids is 2. The van der Waals surface area contributed by atoms with E-state index in [1.165, 1.54) is 0 Å². The number of benzene rings is 2. The van der Waals surface area contributed by atoms with Gasteiger partial charge >= 0.3 is 0 Å². The molecule has 2 atom stereocenters. The number of hydrogen-bond acceptors (Lipinski definition) is 4. The van der Waals surface area contributed by atoms with Crippen molar-refractivity contribution in [1.82, 2.24) is 4.90 Å². The maximum Gasteiger partial charge on any atom is 0.256 e. The SMILES string of the molecule is CCS[C@H]1C[C@H]2C(=O)Nc3ccc(/C=C/c4ccc(O)cc4)cc3C(=O)N2C1. The minimum absolute atomic E-state index is 0.0857. The highest BCUT2D eigenvalue weighted by Crippen LogP contribution is 2.33. The molecule has 4 rings (SSSR count). The fourth-order valence-electron chi connectivity index (χ4n) is 3.73. The molecule has 2 aromatic carbocycles. The average molecular weight is 394 g/mol. The second-order valence-electron chi connectivity index (χ2n) is 7.01. The van der Waals surface area contributed by atoms with Gasteiger partial charge < -0.3 is 15.3 Å². The third-order valence-corrected chi connectivity index (χ3v) is 6.27.